The van der Waals surface area contributed by atoms with Crippen molar-refractivity contribution in [1.29, 1.82) is 0 Å². The zero-order valence-corrected chi connectivity index (χ0v) is 9.54. The van der Waals surface area contributed by atoms with E-state index < -0.39 is 0 Å². The molecule has 0 saturated heterocycles. The maximum absolute atomic E-state index is 11.3. The molecule has 0 radical (unpaired) electrons. The zero-order valence-electron chi connectivity index (χ0n) is 9.54. The quantitative estimate of drug-likeness (QED) is 0.542. The van der Waals surface area contributed by atoms with Crippen molar-refractivity contribution >= 4 is 11.9 Å². The number of carbonyl (C=O) groups is 2. The maximum atomic E-state index is 11.3. The van der Waals surface area contributed by atoms with E-state index in [9.17, 15) is 9.59 Å². The van der Waals surface area contributed by atoms with Crippen molar-refractivity contribution in [3.8, 4) is 0 Å². The third kappa shape index (κ3) is 4.97. The monoisotopic (exact) mass is 229 g/mol. The normalized spacial score (nSPS) is 15.1. The number of amides is 3. The summed E-state index contributed by atoms with van der Waals surface area (Å²) in [5, 5.41) is 7.90. The van der Waals surface area contributed by atoms with Gasteiger partial charge in [0.05, 0.1) is 13.2 Å². The Kier molecular flexibility index (Phi) is 5.63. The van der Waals surface area contributed by atoms with Crippen LogP contribution in [0.15, 0.2) is 0 Å². The molecular formula is C10H19N3O3. The molecule has 0 spiro atoms. The van der Waals surface area contributed by atoms with Crippen LogP contribution < -0.4 is 16.0 Å². The van der Waals surface area contributed by atoms with E-state index in [-0.39, 0.29) is 24.5 Å². The minimum atomic E-state index is -0.272. The van der Waals surface area contributed by atoms with Gasteiger partial charge >= 0.3 is 6.03 Å². The van der Waals surface area contributed by atoms with Gasteiger partial charge in [-0.1, -0.05) is 0 Å². The van der Waals surface area contributed by atoms with E-state index in [1.807, 2.05) is 0 Å². The van der Waals surface area contributed by atoms with E-state index in [1.54, 1.807) is 7.11 Å². The van der Waals surface area contributed by atoms with Gasteiger partial charge in [0, 0.05) is 19.7 Å². The molecule has 92 valence electrons. The molecule has 0 atom stereocenters. The first-order valence-corrected chi connectivity index (χ1v) is 5.52. The molecule has 0 heterocycles. The lowest BCUT2D eigenvalue weighted by Crippen LogP contribution is -2.48. The van der Waals surface area contributed by atoms with Crippen molar-refractivity contribution in [1.82, 2.24) is 16.0 Å². The highest BCUT2D eigenvalue weighted by Crippen LogP contribution is 2.17. The highest BCUT2D eigenvalue weighted by Gasteiger charge is 2.19. The number of ether oxygens (including phenoxy) is 1. The Morgan fingerprint density at radius 2 is 2.06 bits per heavy atom. The van der Waals surface area contributed by atoms with Gasteiger partial charge in [-0.25, -0.2) is 4.79 Å². The lowest BCUT2D eigenvalue weighted by atomic mass is 9.93. The summed E-state index contributed by atoms with van der Waals surface area (Å²) in [7, 11) is 1.57. The summed E-state index contributed by atoms with van der Waals surface area (Å²) in [5.74, 6) is -0.208. The number of nitrogens with one attached hydrogen (secondary N) is 3. The average Bonchev–Trinajstić information content (AvgIpc) is 2.21. The Morgan fingerprint density at radius 1 is 1.31 bits per heavy atom. The van der Waals surface area contributed by atoms with Crippen molar-refractivity contribution in [2.75, 3.05) is 26.8 Å². The molecule has 0 aromatic heterocycles. The van der Waals surface area contributed by atoms with E-state index in [2.05, 4.69) is 16.0 Å². The second kappa shape index (κ2) is 7.05. The molecule has 6 nitrogen and oxygen atoms in total. The summed E-state index contributed by atoms with van der Waals surface area (Å²) in [5.41, 5.74) is 0. The molecule has 3 amide bonds. The molecule has 1 aliphatic rings. The summed E-state index contributed by atoms with van der Waals surface area (Å²) >= 11 is 0. The van der Waals surface area contributed by atoms with E-state index >= 15 is 0 Å². The van der Waals surface area contributed by atoms with Crippen molar-refractivity contribution in [3.05, 3.63) is 0 Å². The molecule has 0 aromatic carbocycles. The van der Waals surface area contributed by atoms with Crippen molar-refractivity contribution < 1.29 is 14.3 Å². The molecule has 0 unspecified atom stereocenters. The molecule has 1 saturated carbocycles. The molecule has 1 rings (SSSR count). The minimum absolute atomic E-state index is 0.00225. The molecule has 16 heavy (non-hydrogen) atoms. The smallest absolute Gasteiger partial charge is 0.315 e. The third-order valence-corrected chi connectivity index (χ3v) is 2.48. The number of methoxy groups -OCH3 is 1. The van der Waals surface area contributed by atoms with Gasteiger partial charge < -0.3 is 20.7 Å². The Labute approximate surface area is 95.1 Å². The van der Waals surface area contributed by atoms with Crippen LogP contribution in [-0.2, 0) is 9.53 Å². The van der Waals surface area contributed by atoms with Crippen LogP contribution >= 0.6 is 0 Å². The van der Waals surface area contributed by atoms with Crippen molar-refractivity contribution in [2.24, 2.45) is 0 Å². The lowest BCUT2D eigenvalue weighted by molar-refractivity contribution is -0.120. The standard InChI is InChI=1S/C10H19N3O3/c1-16-6-5-11-9(14)7-12-10(15)13-8-3-2-4-8/h8H,2-7H2,1H3,(H,11,14)(H2,12,13,15). The van der Waals surface area contributed by atoms with Crippen LogP contribution in [0.2, 0.25) is 0 Å². The van der Waals surface area contributed by atoms with Crippen LogP contribution in [0, 0.1) is 0 Å². The summed E-state index contributed by atoms with van der Waals surface area (Å²) in [4.78, 5) is 22.4. The third-order valence-electron chi connectivity index (χ3n) is 2.48. The highest BCUT2D eigenvalue weighted by atomic mass is 16.5. The number of rotatable bonds is 6. The Bertz CT molecular complexity index is 241. The van der Waals surface area contributed by atoms with E-state index in [0.29, 0.717) is 13.2 Å². The van der Waals surface area contributed by atoms with Gasteiger partial charge in [-0.3, -0.25) is 4.79 Å². The number of hydrogen-bond acceptors (Lipinski definition) is 3. The first-order chi connectivity index (χ1) is 7.72. The summed E-state index contributed by atoms with van der Waals surface area (Å²) < 4.78 is 4.78. The van der Waals surface area contributed by atoms with Gasteiger partial charge in [0.2, 0.25) is 5.91 Å². The minimum Gasteiger partial charge on any atom is -0.383 e. The molecular weight excluding hydrogens is 210 g/mol. The average molecular weight is 229 g/mol. The fraction of sp³-hybridized carbons (Fsp3) is 0.800. The second-order valence-corrected chi connectivity index (χ2v) is 3.80. The van der Waals surface area contributed by atoms with E-state index in [4.69, 9.17) is 4.74 Å². The molecule has 0 aliphatic heterocycles. The van der Waals surface area contributed by atoms with Crippen LogP contribution in [-0.4, -0.2) is 44.8 Å². The molecule has 3 N–H and O–H groups in total. The van der Waals surface area contributed by atoms with E-state index in [0.717, 1.165) is 12.8 Å². The second-order valence-electron chi connectivity index (χ2n) is 3.80. The molecule has 6 heteroatoms. The fourth-order valence-corrected chi connectivity index (χ4v) is 1.30. The first-order valence-electron chi connectivity index (χ1n) is 5.52. The fourth-order valence-electron chi connectivity index (χ4n) is 1.30. The predicted octanol–water partition coefficient (Wildman–Crippen LogP) is -0.399. The maximum Gasteiger partial charge on any atom is 0.315 e. The lowest BCUT2D eigenvalue weighted by Gasteiger charge is -2.26. The highest BCUT2D eigenvalue weighted by molar-refractivity contribution is 5.83. The topological polar surface area (TPSA) is 79.5 Å². The van der Waals surface area contributed by atoms with Crippen LogP contribution in [0.1, 0.15) is 19.3 Å². The molecule has 0 aromatic rings. The number of carbonyl (C=O) groups excluding carboxylic acids is 2. The van der Waals surface area contributed by atoms with Crippen LogP contribution in [0.3, 0.4) is 0 Å². The van der Waals surface area contributed by atoms with Gasteiger partial charge in [0.25, 0.3) is 0 Å². The summed E-state index contributed by atoms with van der Waals surface area (Å²) in [6.07, 6.45) is 3.24. The molecule has 0 bridgehead atoms. The summed E-state index contributed by atoms with van der Waals surface area (Å²) in [6.45, 7) is 0.934. The molecule has 1 fully saturated rings. The van der Waals surface area contributed by atoms with Crippen molar-refractivity contribution in [2.45, 2.75) is 25.3 Å². The Hall–Kier alpha value is -1.30. The number of hydrogen-bond donors (Lipinski definition) is 3. The largest absolute Gasteiger partial charge is 0.383 e. The SMILES string of the molecule is COCCNC(=O)CNC(=O)NC1CCC1. The Morgan fingerprint density at radius 3 is 2.62 bits per heavy atom. The van der Waals surface area contributed by atoms with Gasteiger partial charge in [0.15, 0.2) is 0 Å². The van der Waals surface area contributed by atoms with Gasteiger partial charge in [-0.2, -0.15) is 0 Å². The Balaban J connectivity index is 1.99. The van der Waals surface area contributed by atoms with Gasteiger partial charge in [0.1, 0.15) is 0 Å². The number of urea groups is 1. The van der Waals surface area contributed by atoms with Crippen LogP contribution in [0.25, 0.3) is 0 Å². The first kappa shape index (κ1) is 12.8. The zero-order chi connectivity index (χ0) is 11.8. The van der Waals surface area contributed by atoms with Crippen LogP contribution in [0.5, 0.6) is 0 Å². The van der Waals surface area contributed by atoms with E-state index in [1.165, 1.54) is 6.42 Å². The summed E-state index contributed by atoms with van der Waals surface area (Å²) in [6, 6.07) is 0.0168. The predicted molar refractivity (Wildman–Crippen MR) is 59.1 cm³/mol. The van der Waals surface area contributed by atoms with Crippen LogP contribution in [0.4, 0.5) is 4.79 Å². The van der Waals surface area contributed by atoms with Crippen molar-refractivity contribution in [3.63, 3.8) is 0 Å². The van der Waals surface area contributed by atoms with Gasteiger partial charge in [-0.15, -0.1) is 0 Å². The molecule has 1 aliphatic carbocycles. The van der Waals surface area contributed by atoms with Gasteiger partial charge in [-0.05, 0) is 19.3 Å².